The van der Waals surface area contributed by atoms with Crippen molar-refractivity contribution < 1.29 is 9.59 Å². The van der Waals surface area contributed by atoms with Gasteiger partial charge >= 0.3 is 0 Å². The van der Waals surface area contributed by atoms with Crippen molar-refractivity contribution in [2.45, 2.75) is 44.3 Å². The van der Waals surface area contributed by atoms with Gasteiger partial charge in [0.2, 0.25) is 11.8 Å². The van der Waals surface area contributed by atoms with E-state index in [2.05, 4.69) is 10.6 Å². The molecule has 1 unspecified atom stereocenters. The predicted octanol–water partition coefficient (Wildman–Crippen LogP) is 6.84. The quantitative estimate of drug-likeness (QED) is 0.391. The average Bonchev–Trinajstić information content (AvgIpc) is 2.73. The van der Waals surface area contributed by atoms with E-state index in [1.165, 1.54) is 11.8 Å². The SMILES string of the molecule is Cc1ccc(NC(=O)C(Sc2cccc(NC(=O)CC(C)(C)C)c2)c2ccccc2)cc1. The topological polar surface area (TPSA) is 58.2 Å². The fourth-order valence-electron chi connectivity index (χ4n) is 3.22. The van der Waals surface area contributed by atoms with Crippen LogP contribution in [0.1, 0.15) is 43.6 Å². The minimum Gasteiger partial charge on any atom is -0.326 e. The van der Waals surface area contributed by atoms with E-state index >= 15 is 0 Å². The second-order valence-electron chi connectivity index (χ2n) is 9.08. The molecule has 32 heavy (non-hydrogen) atoms. The molecule has 0 aliphatic carbocycles. The summed E-state index contributed by atoms with van der Waals surface area (Å²) in [6.45, 7) is 8.13. The molecule has 0 aromatic heterocycles. The van der Waals surface area contributed by atoms with Crippen LogP contribution in [0.4, 0.5) is 11.4 Å². The number of anilines is 2. The van der Waals surface area contributed by atoms with Crippen molar-refractivity contribution in [1.82, 2.24) is 0 Å². The summed E-state index contributed by atoms with van der Waals surface area (Å²) >= 11 is 1.46. The van der Waals surface area contributed by atoms with Crippen LogP contribution in [0.25, 0.3) is 0 Å². The maximum absolute atomic E-state index is 13.2. The van der Waals surface area contributed by atoms with E-state index < -0.39 is 5.25 Å². The maximum Gasteiger partial charge on any atom is 0.242 e. The number of amides is 2. The second-order valence-corrected chi connectivity index (χ2v) is 10.3. The van der Waals surface area contributed by atoms with Gasteiger partial charge in [0, 0.05) is 22.7 Å². The summed E-state index contributed by atoms with van der Waals surface area (Å²) in [6.07, 6.45) is 0.440. The minimum atomic E-state index is -0.432. The zero-order valence-electron chi connectivity index (χ0n) is 19.0. The zero-order chi connectivity index (χ0) is 23.1. The molecule has 2 amide bonds. The number of carbonyl (C=O) groups is 2. The Morgan fingerprint density at radius 3 is 2.19 bits per heavy atom. The highest BCUT2D eigenvalue weighted by Gasteiger charge is 2.23. The van der Waals surface area contributed by atoms with Crippen LogP contribution in [0.5, 0.6) is 0 Å². The zero-order valence-corrected chi connectivity index (χ0v) is 19.8. The number of aryl methyl sites for hydroxylation is 1. The lowest BCUT2D eigenvalue weighted by molar-refractivity contribution is -0.118. The third-order valence-electron chi connectivity index (χ3n) is 4.72. The van der Waals surface area contributed by atoms with Crippen molar-refractivity contribution in [3.8, 4) is 0 Å². The summed E-state index contributed by atoms with van der Waals surface area (Å²) in [5.74, 6) is -0.108. The summed E-state index contributed by atoms with van der Waals surface area (Å²) in [5.41, 5.74) is 3.48. The number of nitrogens with one attached hydrogen (secondary N) is 2. The molecule has 1 atom stereocenters. The van der Waals surface area contributed by atoms with Crippen LogP contribution in [0.3, 0.4) is 0 Å². The number of hydrogen-bond acceptors (Lipinski definition) is 3. The van der Waals surface area contributed by atoms with E-state index in [4.69, 9.17) is 0 Å². The first-order valence-corrected chi connectivity index (χ1v) is 11.6. The molecule has 0 bridgehead atoms. The molecule has 3 aromatic carbocycles. The van der Waals surface area contributed by atoms with E-state index in [9.17, 15) is 9.59 Å². The predicted molar refractivity (Wildman–Crippen MR) is 134 cm³/mol. The Morgan fingerprint density at radius 1 is 0.844 bits per heavy atom. The van der Waals surface area contributed by atoms with Crippen molar-refractivity contribution in [1.29, 1.82) is 0 Å². The van der Waals surface area contributed by atoms with Gasteiger partial charge < -0.3 is 10.6 Å². The lowest BCUT2D eigenvalue weighted by Crippen LogP contribution is -2.20. The maximum atomic E-state index is 13.2. The number of carbonyl (C=O) groups excluding carboxylic acids is 2. The van der Waals surface area contributed by atoms with Gasteiger partial charge in [-0.3, -0.25) is 9.59 Å². The third-order valence-corrected chi connectivity index (χ3v) is 5.97. The number of benzene rings is 3. The molecule has 3 aromatic rings. The Balaban J connectivity index is 1.78. The smallest absolute Gasteiger partial charge is 0.242 e. The highest BCUT2D eigenvalue weighted by atomic mass is 32.2. The Labute approximate surface area is 194 Å². The van der Waals surface area contributed by atoms with Crippen molar-refractivity contribution >= 4 is 35.0 Å². The normalized spacial score (nSPS) is 12.1. The Hall–Kier alpha value is -3.05. The molecule has 2 N–H and O–H groups in total. The van der Waals surface area contributed by atoms with Gasteiger partial charge in [-0.2, -0.15) is 0 Å². The fraction of sp³-hybridized carbons (Fsp3) is 0.259. The van der Waals surface area contributed by atoms with E-state index in [1.807, 2.05) is 107 Å². The first kappa shape index (κ1) is 23.6. The molecular weight excluding hydrogens is 416 g/mol. The van der Waals surface area contributed by atoms with Gasteiger partial charge in [-0.05, 0) is 48.2 Å². The molecular formula is C27H30N2O2S. The van der Waals surface area contributed by atoms with Crippen LogP contribution in [0, 0.1) is 12.3 Å². The van der Waals surface area contributed by atoms with Gasteiger partial charge in [0.1, 0.15) is 5.25 Å². The molecule has 5 heteroatoms. The number of hydrogen-bond donors (Lipinski definition) is 2. The highest BCUT2D eigenvalue weighted by Crippen LogP contribution is 2.37. The van der Waals surface area contributed by atoms with Crippen LogP contribution in [0.15, 0.2) is 83.8 Å². The average molecular weight is 447 g/mol. The van der Waals surface area contributed by atoms with Crippen LogP contribution in [-0.2, 0) is 9.59 Å². The van der Waals surface area contributed by atoms with E-state index in [1.54, 1.807) is 0 Å². The van der Waals surface area contributed by atoms with E-state index in [0.29, 0.717) is 6.42 Å². The summed E-state index contributed by atoms with van der Waals surface area (Å²) < 4.78 is 0. The number of thioether (sulfide) groups is 1. The summed E-state index contributed by atoms with van der Waals surface area (Å²) in [6, 6.07) is 25.1. The molecule has 3 rings (SSSR count). The third kappa shape index (κ3) is 7.27. The molecule has 4 nitrogen and oxygen atoms in total. The van der Waals surface area contributed by atoms with Crippen molar-refractivity contribution in [3.05, 3.63) is 90.0 Å². The largest absolute Gasteiger partial charge is 0.326 e. The molecule has 0 aliphatic heterocycles. The lowest BCUT2D eigenvalue weighted by atomic mass is 9.92. The molecule has 0 aliphatic rings. The first-order chi connectivity index (χ1) is 15.2. The molecule has 0 heterocycles. The van der Waals surface area contributed by atoms with Crippen molar-refractivity contribution in [2.75, 3.05) is 10.6 Å². The Bertz CT molecular complexity index is 1060. The molecule has 166 valence electrons. The monoisotopic (exact) mass is 446 g/mol. The highest BCUT2D eigenvalue weighted by molar-refractivity contribution is 8.00. The molecule has 0 fully saturated rings. The van der Waals surface area contributed by atoms with Crippen LogP contribution < -0.4 is 10.6 Å². The second kappa shape index (κ2) is 10.5. The van der Waals surface area contributed by atoms with Crippen LogP contribution >= 0.6 is 11.8 Å². The number of rotatable bonds is 7. The van der Waals surface area contributed by atoms with E-state index in [0.717, 1.165) is 27.4 Å². The Morgan fingerprint density at radius 2 is 1.53 bits per heavy atom. The van der Waals surface area contributed by atoms with Crippen molar-refractivity contribution in [2.24, 2.45) is 5.41 Å². The van der Waals surface area contributed by atoms with Crippen LogP contribution in [0.2, 0.25) is 0 Å². The van der Waals surface area contributed by atoms with Gasteiger partial charge in [-0.15, -0.1) is 11.8 Å². The standard InChI is InChI=1S/C27H30N2O2S/c1-19-13-15-21(16-14-19)29-26(31)25(20-9-6-5-7-10-20)32-23-12-8-11-22(17-23)28-24(30)18-27(2,3)4/h5-17,25H,18H2,1-4H3,(H,28,30)(H,29,31). The van der Waals surface area contributed by atoms with Crippen molar-refractivity contribution in [3.63, 3.8) is 0 Å². The van der Waals surface area contributed by atoms with Gasteiger partial charge in [0.15, 0.2) is 0 Å². The van der Waals surface area contributed by atoms with Gasteiger partial charge in [-0.1, -0.05) is 74.9 Å². The minimum absolute atomic E-state index is 0.0172. The lowest BCUT2D eigenvalue weighted by Gasteiger charge is -2.19. The van der Waals surface area contributed by atoms with Crippen LogP contribution in [-0.4, -0.2) is 11.8 Å². The van der Waals surface area contributed by atoms with Gasteiger partial charge in [0.25, 0.3) is 0 Å². The fourth-order valence-corrected chi connectivity index (χ4v) is 4.30. The summed E-state index contributed by atoms with van der Waals surface area (Å²) in [7, 11) is 0. The van der Waals surface area contributed by atoms with Gasteiger partial charge in [-0.25, -0.2) is 0 Å². The molecule has 0 radical (unpaired) electrons. The first-order valence-electron chi connectivity index (χ1n) is 10.7. The van der Waals surface area contributed by atoms with E-state index in [-0.39, 0.29) is 17.2 Å². The molecule has 0 saturated carbocycles. The summed E-state index contributed by atoms with van der Waals surface area (Å²) in [4.78, 5) is 26.5. The summed E-state index contributed by atoms with van der Waals surface area (Å²) in [5, 5.41) is 5.57. The Kier molecular flexibility index (Phi) is 7.75. The molecule has 0 spiro atoms. The van der Waals surface area contributed by atoms with Gasteiger partial charge in [0.05, 0.1) is 0 Å². The molecule has 0 saturated heterocycles.